The SMILES string of the molecule is CN(C)C(=O)C1CCN(Cc2cccc([N+](=O)[O-])c2)CC1. The number of carbonyl (C=O) groups excluding carboxylic acids is 1. The highest BCUT2D eigenvalue weighted by molar-refractivity contribution is 5.78. The van der Waals surface area contributed by atoms with E-state index in [1.165, 1.54) is 6.07 Å². The molecule has 1 heterocycles. The predicted octanol–water partition coefficient (Wildman–Crippen LogP) is 1.89. The van der Waals surface area contributed by atoms with Crippen molar-refractivity contribution in [3.05, 3.63) is 39.9 Å². The fraction of sp³-hybridized carbons (Fsp3) is 0.533. The van der Waals surface area contributed by atoms with Crippen molar-refractivity contribution in [1.29, 1.82) is 0 Å². The van der Waals surface area contributed by atoms with Crippen LogP contribution in [-0.2, 0) is 11.3 Å². The molecule has 114 valence electrons. The van der Waals surface area contributed by atoms with Gasteiger partial charge in [-0.25, -0.2) is 0 Å². The van der Waals surface area contributed by atoms with E-state index in [1.807, 2.05) is 6.07 Å². The lowest BCUT2D eigenvalue weighted by molar-refractivity contribution is -0.384. The number of benzene rings is 1. The Labute approximate surface area is 124 Å². The first kappa shape index (κ1) is 15.4. The van der Waals surface area contributed by atoms with Gasteiger partial charge in [0.2, 0.25) is 5.91 Å². The molecule has 0 N–H and O–H groups in total. The van der Waals surface area contributed by atoms with Crippen molar-refractivity contribution in [2.75, 3.05) is 27.2 Å². The molecule has 1 amide bonds. The molecule has 1 aromatic carbocycles. The van der Waals surface area contributed by atoms with Crippen LogP contribution in [0.3, 0.4) is 0 Å². The molecule has 0 aromatic heterocycles. The van der Waals surface area contributed by atoms with E-state index in [-0.39, 0.29) is 22.4 Å². The molecule has 1 fully saturated rings. The third-order valence-electron chi connectivity index (χ3n) is 3.91. The Bertz CT molecular complexity index is 523. The van der Waals surface area contributed by atoms with Crippen molar-refractivity contribution < 1.29 is 9.72 Å². The topological polar surface area (TPSA) is 66.7 Å². The minimum atomic E-state index is -0.370. The number of piperidine rings is 1. The lowest BCUT2D eigenvalue weighted by Gasteiger charge is -2.32. The van der Waals surface area contributed by atoms with Gasteiger partial charge in [-0.2, -0.15) is 0 Å². The Morgan fingerprint density at radius 1 is 1.38 bits per heavy atom. The molecule has 1 aliphatic rings. The van der Waals surface area contributed by atoms with Crippen molar-refractivity contribution in [3.8, 4) is 0 Å². The Morgan fingerprint density at radius 2 is 2.05 bits per heavy atom. The van der Waals surface area contributed by atoms with Crippen LogP contribution in [0, 0.1) is 16.0 Å². The number of non-ortho nitro benzene ring substituents is 1. The Hall–Kier alpha value is -1.95. The van der Waals surface area contributed by atoms with Crippen molar-refractivity contribution in [1.82, 2.24) is 9.80 Å². The van der Waals surface area contributed by atoms with E-state index in [4.69, 9.17) is 0 Å². The van der Waals surface area contributed by atoms with Crippen molar-refractivity contribution in [2.24, 2.45) is 5.92 Å². The lowest BCUT2D eigenvalue weighted by Crippen LogP contribution is -2.39. The number of hydrogen-bond acceptors (Lipinski definition) is 4. The van der Waals surface area contributed by atoms with Gasteiger partial charge in [-0.3, -0.25) is 19.8 Å². The van der Waals surface area contributed by atoms with Crippen molar-refractivity contribution in [3.63, 3.8) is 0 Å². The normalized spacial score (nSPS) is 16.7. The molecule has 1 saturated heterocycles. The van der Waals surface area contributed by atoms with Gasteiger partial charge >= 0.3 is 0 Å². The van der Waals surface area contributed by atoms with Gasteiger partial charge in [-0.05, 0) is 31.5 Å². The average Bonchev–Trinajstić information content (AvgIpc) is 2.47. The zero-order valence-corrected chi connectivity index (χ0v) is 12.5. The number of carbonyl (C=O) groups is 1. The highest BCUT2D eigenvalue weighted by atomic mass is 16.6. The third-order valence-corrected chi connectivity index (χ3v) is 3.91. The van der Waals surface area contributed by atoms with Gasteiger partial charge in [0.25, 0.3) is 5.69 Å². The van der Waals surface area contributed by atoms with Crippen LogP contribution in [0.4, 0.5) is 5.69 Å². The zero-order valence-electron chi connectivity index (χ0n) is 12.5. The Balaban J connectivity index is 1.90. The molecule has 0 unspecified atom stereocenters. The summed E-state index contributed by atoms with van der Waals surface area (Å²) in [6.07, 6.45) is 1.71. The molecular weight excluding hydrogens is 270 g/mol. The summed E-state index contributed by atoms with van der Waals surface area (Å²) >= 11 is 0. The van der Waals surface area contributed by atoms with Crippen molar-refractivity contribution in [2.45, 2.75) is 19.4 Å². The molecule has 21 heavy (non-hydrogen) atoms. The zero-order chi connectivity index (χ0) is 15.4. The van der Waals surface area contributed by atoms with Crippen LogP contribution >= 0.6 is 0 Å². The number of nitro benzene ring substituents is 1. The molecule has 2 rings (SSSR count). The van der Waals surface area contributed by atoms with Crippen LogP contribution in [0.25, 0.3) is 0 Å². The molecule has 0 bridgehead atoms. The maximum Gasteiger partial charge on any atom is 0.269 e. The second-order valence-corrected chi connectivity index (χ2v) is 5.71. The summed E-state index contributed by atoms with van der Waals surface area (Å²) in [5, 5.41) is 10.8. The van der Waals surface area contributed by atoms with Crippen LogP contribution < -0.4 is 0 Å². The van der Waals surface area contributed by atoms with Crippen LogP contribution in [0.2, 0.25) is 0 Å². The van der Waals surface area contributed by atoms with E-state index in [0.29, 0.717) is 6.54 Å². The first-order valence-corrected chi connectivity index (χ1v) is 7.14. The number of amides is 1. The molecule has 0 atom stereocenters. The van der Waals surface area contributed by atoms with E-state index >= 15 is 0 Å². The van der Waals surface area contributed by atoms with Gasteiger partial charge in [0.05, 0.1) is 4.92 Å². The van der Waals surface area contributed by atoms with Crippen LogP contribution in [0.5, 0.6) is 0 Å². The summed E-state index contributed by atoms with van der Waals surface area (Å²) in [7, 11) is 3.58. The second kappa shape index (κ2) is 6.67. The van der Waals surface area contributed by atoms with E-state index < -0.39 is 0 Å². The van der Waals surface area contributed by atoms with Crippen LogP contribution in [0.15, 0.2) is 24.3 Å². The van der Waals surface area contributed by atoms with Crippen LogP contribution in [-0.4, -0.2) is 47.8 Å². The quantitative estimate of drug-likeness (QED) is 0.627. The van der Waals surface area contributed by atoms with Crippen LogP contribution in [0.1, 0.15) is 18.4 Å². The first-order chi connectivity index (χ1) is 9.97. The average molecular weight is 291 g/mol. The number of nitrogens with zero attached hydrogens (tertiary/aromatic N) is 3. The summed E-state index contributed by atoms with van der Waals surface area (Å²) in [4.78, 5) is 26.2. The molecule has 1 aromatic rings. The lowest BCUT2D eigenvalue weighted by atomic mass is 9.95. The fourth-order valence-electron chi connectivity index (χ4n) is 2.73. The minimum Gasteiger partial charge on any atom is -0.349 e. The van der Waals surface area contributed by atoms with E-state index in [9.17, 15) is 14.9 Å². The van der Waals surface area contributed by atoms with Gasteiger partial charge in [-0.15, -0.1) is 0 Å². The summed E-state index contributed by atoms with van der Waals surface area (Å²) in [6, 6.07) is 6.75. The Morgan fingerprint density at radius 3 is 2.62 bits per heavy atom. The molecule has 0 spiro atoms. The van der Waals surface area contributed by atoms with Gasteiger partial charge < -0.3 is 4.90 Å². The monoisotopic (exact) mass is 291 g/mol. The highest BCUT2D eigenvalue weighted by Crippen LogP contribution is 2.21. The predicted molar refractivity (Wildman–Crippen MR) is 79.8 cm³/mol. The van der Waals surface area contributed by atoms with Gasteiger partial charge in [0.15, 0.2) is 0 Å². The van der Waals surface area contributed by atoms with E-state index in [1.54, 1.807) is 31.1 Å². The number of nitro groups is 1. The summed E-state index contributed by atoms with van der Waals surface area (Å²) < 4.78 is 0. The number of rotatable bonds is 4. The molecule has 0 aliphatic carbocycles. The second-order valence-electron chi connectivity index (χ2n) is 5.71. The molecule has 0 saturated carbocycles. The molecular formula is C15H21N3O3. The molecule has 6 nitrogen and oxygen atoms in total. The maximum atomic E-state index is 11.9. The van der Waals surface area contributed by atoms with E-state index in [0.717, 1.165) is 31.5 Å². The smallest absolute Gasteiger partial charge is 0.269 e. The first-order valence-electron chi connectivity index (χ1n) is 7.14. The standard InChI is InChI=1S/C15H21N3O3/c1-16(2)15(19)13-6-8-17(9-7-13)11-12-4-3-5-14(10-12)18(20)21/h3-5,10,13H,6-9,11H2,1-2H3. The number of hydrogen-bond donors (Lipinski definition) is 0. The maximum absolute atomic E-state index is 11.9. The number of likely N-dealkylation sites (tertiary alicyclic amines) is 1. The largest absolute Gasteiger partial charge is 0.349 e. The Kier molecular flexibility index (Phi) is 4.90. The van der Waals surface area contributed by atoms with Gasteiger partial charge in [-0.1, -0.05) is 12.1 Å². The highest BCUT2D eigenvalue weighted by Gasteiger charge is 2.26. The van der Waals surface area contributed by atoms with Gasteiger partial charge in [0.1, 0.15) is 0 Å². The molecule has 6 heteroatoms. The van der Waals surface area contributed by atoms with Gasteiger partial charge in [0, 0.05) is 38.7 Å². The minimum absolute atomic E-state index is 0.112. The fourth-order valence-corrected chi connectivity index (χ4v) is 2.73. The molecule has 1 aliphatic heterocycles. The summed E-state index contributed by atoms with van der Waals surface area (Å²) in [5.41, 5.74) is 1.08. The van der Waals surface area contributed by atoms with Crippen molar-refractivity contribution >= 4 is 11.6 Å². The summed E-state index contributed by atoms with van der Waals surface area (Å²) in [6.45, 7) is 2.41. The van der Waals surface area contributed by atoms with E-state index in [2.05, 4.69) is 4.90 Å². The third kappa shape index (κ3) is 4.01. The molecule has 0 radical (unpaired) electrons. The summed E-state index contributed by atoms with van der Waals surface area (Å²) in [5.74, 6) is 0.311.